The molecule has 4 nitrogen and oxygen atoms in total. The third-order valence-corrected chi connectivity index (χ3v) is 4.47. The third kappa shape index (κ3) is 2.77. The molecule has 1 aliphatic heterocycles. The lowest BCUT2D eigenvalue weighted by Crippen LogP contribution is -2.42. The van der Waals surface area contributed by atoms with Gasteiger partial charge in [0.25, 0.3) is 0 Å². The second kappa shape index (κ2) is 4.90. The lowest BCUT2D eigenvalue weighted by molar-refractivity contribution is 0.258. The number of piperidine rings is 1. The van der Waals surface area contributed by atoms with Gasteiger partial charge >= 0.3 is 0 Å². The Labute approximate surface area is 107 Å². The molecule has 0 radical (unpaired) electrons. The highest BCUT2D eigenvalue weighted by Crippen LogP contribution is 2.32. The van der Waals surface area contributed by atoms with Crippen molar-refractivity contribution < 1.29 is 0 Å². The molecule has 96 valence electrons. The van der Waals surface area contributed by atoms with E-state index in [1.165, 1.54) is 11.5 Å². The van der Waals surface area contributed by atoms with Gasteiger partial charge in [-0.3, -0.25) is 0 Å². The Hall–Kier alpha value is -0.680. The molecule has 1 saturated heterocycles. The lowest BCUT2D eigenvalue weighted by Gasteiger charge is -2.38. The molecule has 0 spiro atoms. The molecular weight excluding hydrogens is 232 g/mol. The topological polar surface area (TPSA) is 55.0 Å². The normalized spacial score (nSPS) is 19.9. The molecule has 0 atom stereocenters. The highest BCUT2D eigenvalue weighted by atomic mass is 32.1. The molecule has 1 aromatic rings. The van der Waals surface area contributed by atoms with Crippen LogP contribution in [0.1, 0.15) is 45.4 Å². The van der Waals surface area contributed by atoms with Gasteiger partial charge in [0.15, 0.2) is 0 Å². The van der Waals surface area contributed by atoms with Gasteiger partial charge in [-0.15, -0.1) is 0 Å². The average molecular weight is 254 g/mol. The zero-order valence-electron chi connectivity index (χ0n) is 10.9. The van der Waals surface area contributed by atoms with E-state index in [0.717, 1.165) is 43.4 Å². The zero-order valence-corrected chi connectivity index (χ0v) is 11.8. The van der Waals surface area contributed by atoms with E-state index in [-0.39, 0.29) is 0 Å². The molecule has 1 aromatic heterocycles. The Morgan fingerprint density at radius 1 is 1.41 bits per heavy atom. The molecule has 0 bridgehead atoms. The SMILES string of the molecule is CC(C)c1nsc(N2CCC(C)(CN)CC2)n1. The molecule has 0 amide bonds. The number of nitrogens with two attached hydrogens (primary N) is 1. The molecule has 5 heteroatoms. The Morgan fingerprint density at radius 3 is 2.53 bits per heavy atom. The summed E-state index contributed by atoms with van der Waals surface area (Å²) in [5.41, 5.74) is 6.14. The van der Waals surface area contributed by atoms with Crippen LogP contribution in [0.4, 0.5) is 5.13 Å². The van der Waals surface area contributed by atoms with Crippen LogP contribution in [0.25, 0.3) is 0 Å². The summed E-state index contributed by atoms with van der Waals surface area (Å²) in [6.07, 6.45) is 2.31. The van der Waals surface area contributed by atoms with Crippen molar-refractivity contribution in [3.63, 3.8) is 0 Å². The maximum atomic E-state index is 5.82. The van der Waals surface area contributed by atoms with Crippen molar-refractivity contribution in [2.75, 3.05) is 24.5 Å². The van der Waals surface area contributed by atoms with Gasteiger partial charge in [0.05, 0.1) is 0 Å². The standard InChI is InChI=1S/C12H22N4S/c1-9(2)10-14-11(17-15-10)16-6-4-12(3,8-13)5-7-16/h9H,4-8,13H2,1-3H3. The molecule has 1 fully saturated rings. The minimum Gasteiger partial charge on any atom is -0.347 e. The fraction of sp³-hybridized carbons (Fsp3) is 0.833. The quantitative estimate of drug-likeness (QED) is 0.898. The second-order valence-corrected chi connectivity index (χ2v) is 6.32. The smallest absolute Gasteiger partial charge is 0.205 e. The van der Waals surface area contributed by atoms with E-state index in [0.29, 0.717) is 11.3 Å². The number of rotatable bonds is 3. The van der Waals surface area contributed by atoms with Gasteiger partial charge in [-0.25, -0.2) is 4.98 Å². The molecule has 0 aromatic carbocycles. The van der Waals surface area contributed by atoms with Crippen LogP contribution in [0.2, 0.25) is 0 Å². The number of nitrogens with zero attached hydrogens (tertiary/aromatic N) is 3. The maximum Gasteiger partial charge on any atom is 0.205 e. The van der Waals surface area contributed by atoms with Crippen LogP contribution in [-0.4, -0.2) is 29.0 Å². The van der Waals surface area contributed by atoms with E-state index in [1.54, 1.807) is 0 Å². The molecule has 2 N–H and O–H groups in total. The monoisotopic (exact) mass is 254 g/mol. The van der Waals surface area contributed by atoms with E-state index < -0.39 is 0 Å². The van der Waals surface area contributed by atoms with Gasteiger partial charge in [-0.1, -0.05) is 20.8 Å². The highest BCUT2D eigenvalue weighted by molar-refractivity contribution is 7.09. The lowest BCUT2D eigenvalue weighted by atomic mass is 9.81. The first-order chi connectivity index (χ1) is 8.04. The molecule has 1 aliphatic rings. The molecule has 2 heterocycles. The van der Waals surface area contributed by atoms with Gasteiger partial charge < -0.3 is 10.6 Å². The van der Waals surface area contributed by atoms with Crippen LogP contribution in [-0.2, 0) is 0 Å². The van der Waals surface area contributed by atoms with Crippen LogP contribution in [0, 0.1) is 5.41 Å². The summed E-state index contributed by atoms with van der Waals surface area (Å²) in [4.78, 5) is 6.96. The largest absolute Gasteiger partial charge is 0.347 e. The second-order valence-electron chi connectivity index (χ2n) is 5.59. The van der Waals surface area contributed by atoms with Crippen molar-refractivity contribution in [2.24, 2.45) is 11.1 Å². The Bertz CT molecular complexity index is 366. The van der Waals surface area contributed by atoms with Gasteiger partial charge in [0.2, 0.25) is 5.13 Å². The zero-order chi connectivity index (χ0) is 12.5. The molecule has 2 rings (SSSR count). The van der Waals surface area contributed by atoms with E-state index in [1.807, 2.05) is 0 Å². The third-order valence-electron chi connectivity index (χ3n) is 3.68. The van der Waals surface area contributed by atoms with Gasteiger partial charge in [0.1, 0.15) is 5.82 Å². The summed E-state index contributed by atoms with van der Waals surface area (Å²) in [5.74, 6) is 1.39. The fourth-order valence-electron chi connectivity index (χ4n) is 2.03. The number of aromatic nitrogens is 2. The number of hydrogen-bond acceptors (Lipinski definition) is 5. The summed E-state index contributed by atoms with van der Waals surface area (Å²) in [6, 6.07) is 0. The summed E-state index contributed by atoms with van der Waals surface area (Å²) < 4.78 is 4.41. The first-order valence-corrected chi connectivity index (χ1v) is 7.10. The van der Waals surface area contributed by atoms with E-state index >= 15 is 0 Å². The Morgan fingerprint density at radius 2 is 2.06 bits per heavy atom. The van der Waals surface area contributed by atoms with Crippen LogP contribution in [0.15, 0.2) is 0 Å². The van der Waals surface area contributed by atoms with Gasteiger partial charge in [-0.2, -0.15) is 4.37 Å². The summed E-state index contributed by atoms with van der Waals surface area (Å²) in [7, 11) is 0. The molecule has 0 aliphatic carbocycles. The van der Waals surface area contributed by atoms with Crippen molar-refractivity contribution in [1.82, 2.24) is 9.36 Å². The molecular formula is C12H22N4S. The molecule has 0 unspecified atom stereocenters. The first-order valence-electron chi connectivity index (χ1n) is 6.33. The first kappa shape index (κ1) is 12.8. The van der Waals surface area contributed by atoms with E-state index in [4.69, 9.17) is 5.73 Å². The van der Waals surface area contributed by atoms with Crippen LogP contribution in [0.3, 0.4) is 0 Å². The minimum atomic E-state index is 0.321. The molecule has 17 heavy (non-hydrogen) atoms. The van der Waals surface area contributed by atoms with Gasteiger partial charge in [-0.05, 0) is 24.8 Å². The Kier molecular flexibility index (Phi) is 3.68. The van der Waals surface area contributed by atoms with Crippen LogP contribution >= 0.6 is 11.5 Å². The summed E-state index contributed by atoms with van der Waals surface area (Å²) >= 11 is 1.53. The predicted octanol–water partition coefficient (Wildman–Crippen LogP) is 2.23. The van der Waals surface area contributed by atoms with Crippen molar-refractivity contribution in [2.45, 2.75) is 39.5 Å². The fourth-order valence-corrected chi connectivity index (χ4v) is 2.89. The average Bonchev–Trinajstić information content (AvgIpc) is 2.79. The maximum absolute atomic E-state index is 5.82. The van der Waals surface area contributed by atoms with E-state index in [2.05, 4.69) is 35.0 Å². The van der Waals surface area contributed by atoms with Gasteiger partial charge in [0, 0.05) is 30.5 Å². The van der Waals surface area contributed by atoms with Crippen LogP contribution in [0.5, 0.6) is 0 Å². The highest BCUT2D eigenvalue weighted by Gasteiger charge is 2.29. The van der Waals surface area contributed by atoms with Crippen LogP contribution < -0.4 is 10.6 Å². The van der Waals surface area contributed by atoms with Crippen molar-refractivity contribution >= 4 is 16.7 Å². The summed E-state index contributed by atoms with van der Waals surface area (Å²) in [5, 5.41) is 1.08. The van der Waals surface area contributed by atoms with Crippen molar-refractivity contribution in [3.05, 3.63) is 5.82 Å². The van der Waals surface area contributed by atoms with Crippen molar-refractivity contribution in [3.8, 4) is 0 Å². The van der Waals surface area contributed by atoms with E-state index in [9.17, 15) is 0 Å². The van der Waals surface area contributed by atoms with Crippen molar-refractivity contribution in [1.29, 1.82) is 0 Å². The summed E-state index contributed by atoms with van der Waals surface area (Å²) in [6.45, 7) is 9.44. The number of hydrogen-bond donors (Lipinski definition) is 1. The molecule has 0 saturated carbocycles. The number of anilines is 1. The minimum absolute atomic E-state index is 0.321. The predicted molar refractivity (Wildman–Crippen MR) is 72.6 cm³/mol. The Balaban J connectivity index is 2.00.